The van der Waals surface area contributed by atoms with E-state index >= 15 is 0 Å². The molecule has 0 aliphatic heterocycles. The molecule has 7 nitrogen and oxygen atoms in total. The fourth-order valence-corrected chi connectivity index (χ4v) is 4.45. The first kappa shape index (κ1) is 19.4. The van der Waals surface area contributed by atoms with E-state index in [0.717, 1.165) is 54.6 Å². The van der Waals surface area contributed by atoms with Crippen LogP contribution in [0, 0.1) is 6.92 Å². The molecule has 0 aliphatic carbocycles. The van der Waals surface area contributed by atoms with Gasteiger partial charge in [-0.05, 0) is 37.8 Å². The van der Waals surface area contributed by atoms with Crippen molar-refractivity contribution in [1.29, 1.82) is 0 Å². The number of aryl methyl sites for hydroxylation is 3. The van der Waals surface area contributed by atoms with Crippen LogP contribution in [-0.4, -0.2) is 38.7 Å². The molecule has 8 heteroatoms. The first-order valence-electron chi connectivity index (χ1n) is 9.32. The Kier molecular flexibility index (Phi) is 6.15. The highest BCUT2D eigenvalue weighted by molar-refractivity contribution is 7.91. The fourth-order valence-electron chi connectivity index (χ4n) is 3.24. The van der Waals surface area contributed by atoms with Crippen LogP contribution in [0.1, 0.15) is 44.0 Å². The van der Waals surface area contributed by atoms with Gasteiger partial charge in [0, 0.05) is 31.6 Å². The number of aromatic nitrogens is 5. The monoisotopic (exact) mass is 387 g/mol. The van der Waals surface area contributed by atoms with Gasteiger partial charge in [-0.1, -0.05) is 13.3 Å². The molecule has 0 unspecified atom stereocenters. The predicted molar refractivity (Wildman–Crippen MR) is 104 cm³/mol. The molecule has 3 heterocycles. The van der Waals surface area contributed by atoms with Crippen molar-refractivity contribution in [2.24, 2.45) is 0 Å². The lowest BCUT2D eigenvalue weighted by Crippen LogP contribution is -2.11. The van der Waals surface area contributed by atoms with Crippen LogP contribution in [0.15, 0.2) is 36.0 Å². The maximum atomic E-state index is 12.2. The highest BCUT2D eigenvalue weighted by atomic mass is 32.2. The zero-order valence-corrected chi connectivity index (χ0v) is 16.6. The molecule has 144 valence electrons. The van der Waals surface area contributed by atoms with Crippen molar-refractivity contribution in [2.45, 2.75) is 57.7 Å². The molecule has 0 radical (unpaired) electrons. The lowest BCUT2D eigenvalue weighted by Gasteiger charge is -2.10. The van der Waals surface area contributed by atoms with E-state index < -0.39 is 9.84 Å². The van der Waals surface area contributed by atoms with Gasteiger partial charge in [0.25, 0.3) is 0 Å². The van der Waals surface area contributed by atoms with Crippen LogP contribution >= 0.6 is 0 Å². The summed E-state index contributed by atoms with van der Waals surface area (Å²) in [4.78, 5) is 16.7. The summed E-state index contributed by atoms with van der Waals surface area (Å²) < 4.78 is 26.7. The molecule has 27 heavy (non-hydrogen) atoms. The molecule has 0 amide bonds. The van der Waals surface area contributed by atoms with Gasteiger partial charge in [-0.2, -0.15) is 0 Å². The lowest BCUT2D eigenvalue weighted by atomic mass is 10.2. The van der Waals surface area contributed by atoms with Gasteiger partial charge in [-0.25, -0.2) is 23.4 Å². The second kappa shape index (κ2) is 8.56. The minimum Gasteiger partial charge on any atom is -0.328 e. The number of sulfone groups is 1. The number of fused-ring (bicyclic) bond motifs is 1. The molecule has 0 saturated carbocycles. The Morgan fingerprint density at radius 2 is 1.85 bits per heavy atom. The molecule has 0 spiro atoms. The van der Waals surface area contributed by atoms with E-state index in [2.05, 4.69) is 33.4 Å². The largest absolute Gasteiger partial charge is 0.328 e. The summed E-state index contributed by atoms with van der Waals surface area (Å²) in [6.45, 7) is 5.03. The Balaban J connectivity index is 1.62. The van der Waals surface area contributed by atoms with Crippen molar-refractivity contribution < 1.29 is 8.42 Å². The van der Waals surface area contributed by atoms with Crippen LogP contribution in [0.25, 0.3) is 11.0 Å². The van der Waals surface area contributed by atoms with E-state index in [4.69, 9.17) is 4.98 Å². The maximum Gasteiger partial charge on any atom is 0.246 e. The molecule has 0 aromatic carbocycles. The van der Waals surface area contributed by atoms with Gasteiger partial charge in [0.15, 0.2) is 0 Å². The minimum absolute atomic E-state index is 0.0758. The fraction of sp³-hybridized carbons (Fsp3) is 0.474. The van der Waals surface area contributed by atoms with Gasteiger partial charge in [0.1, 0.15) is 11.3 Å². The molecule has 0 N–H and O–H groups in total. The highest BCUT2D eigenvalue weighted by Gasteiger charge is 2.17. The SMILES string of the molecule is CCCc1nc2cncc(C)c2n1CCCCCS(=O)(=O)c1ncccn1. The Bertz CT molecular complexity index is 1000. The molecule has 0 saturated heterocycles. The zero-order valence-electron chi connectivity index (χ0n) is 15.8. The van der Waals surface area contributed by atoms with Gasteiger partial charge in [0.2, 0.25) is 15.0 Å². The van der Waals surface area contributed by atoms with Gasteiger partial charge < -0.3 is 4.57 Å². The standard InChI is InChI=1S/C19H25N5O2S/c1-3-8-17-23-16-14-20-13-15(2)18(16)24(17)11-5-4-6-12-27(25,26)19-21-9-7-10-22-19/h7,9-10,13-14H,3-6,8,11-12H2,1-2H3. The van der Waals surface area contributed by atoms with Crippen molar-refractivity contribution in [3.05, 3.63) is 42.2 Å². The Labute approximate surface area is 159 Å². The summed E-state index contributed by atoms with van der Waals surface area (Å²) in [5, 5.41) is -0.0843. The highest BCUT2D eigenvalue weighted by Crippen LogP contribution is 2.21. The van der Waals surface area contributed by atoms with Crippen molar-refractivity contribution >= 4 is 20.9 Å². The summed E-state index contributed by atoms with van der Waals surface area (Å²) in [6, 6.07) is 1.61. The maximum absolute atomic E-state index is 12.2. The number of unbranched alkanes of at least 4 members (excludes halogenated alkanes) is 2. The van der Waals surface area contributed by atoms with Gasteiger partial charge in [0.05, 0.1) is 17.5 Å². The molecule has 0 atom stereocenters. The van der Waals surface area contributed by atoms with Crippen molar-refractivity contribution in [2.75, 3.05) is 5.75 Å². The molecule has 3 rings (SSSR count). The third kappa shape index (κ3) is 4.50. The number of nitrogens with zero attached hydrogens (tertiary/aromatic N) is 5. The Morgan fingerprint density at radius 1 is 1.07 bits per heavy atom. The predicted octanol–water partition coefficient (Wildman–Crippen LogP) is 3.13. The number of hydrogen-bond donors (Lipinski definition) is 0. The minimum atomic E-state index is -3.40. The lowest BCUT2D eigenvalue weighted by molar-refractivity contribution is 0.567. The normalized spacial score (nSPS) is 11.9. The molecule has 3 aromatic rings. The number of hydrogen-bond acceptors (Lipinski definition) is 6. The summed E-state index contributed by atoms with van der Waals surface area (Å²) in [5.74, 6) is 1.15. The second-order valence-electron chi connectivity index (χ2n) is 6.66. The summed E-state index contributed by atoms with van der Waals surface area (Å²) in [7, 11) is -3.40. The summed E-state index contributed by atoms with van der Waals surface area (Å²) in [5.41, 5.74) is 3.19. The van der Waals surface area contributed by atoms with E-state index in [1.807, 2.05) is 12.4 Å². The van der Waals surface area contributed by atoms with Crippen molar-refractivity contribution in [1.82, 2.24) is 24.5 Å². The zero-order chi connectivity index (χ0) is 19.3. The van der Waals surface area contributed by atoms with Gasteiger partial charge >= 0.3 is 0 Å². The molecular weight excluding hydrogens is 362 g/mol. The first-order chi connectivity index (χ1) is 13.0. The molecule has 3 aromatic heterocycles. The third-order valence-electron chi connectivity index (χ3n) is 4.50. The van der Waals surface area contributed by atoms with E-state index in [0.29, 0.717) is 6.42 Å². The van der Waals surface area contributed by atoms with Crippen LogP contribution in [0.4, 0.5) is 0 Å². The Hall–Kier alpha value is -2.35. The third-order valence-corrected chi connectivity index (χ3v) is 6.09. The quantitative estimate of drug-likeness (QED) is 0.414. The smallest absolute Gasteiger partial charge is 0.246 e. The average Bonchev–Trinajstić information content (AvgIpc) is 3.01. The van der Waals surface area contributed by atoms with Gasteiger partial charge in [-0.15, -0.1) is 0 Å². The van der Waals surface area contributed by atoms with Gasteiger partial charge in [-0.3, -0.25) is 4.98 Å². The van der Waals surface area contributed by atoms with E-state index in [1.165, 1.54) is 12.4 Å². The second-order valence-corrected chi connectivity index (χ2v) is 8.67. The van der Waals surface area contributed by atoms with Crippen LogP contribution in [-0.2, 0) is 22.8 Å². The van der Waals surface area contributed by atoms with E-state index in [-0.39, 0.29) is 10.9 Å². The van der Waals surface area contributed by atoms with Crippen LogP contribution < -0.4 is 0 Å². The topological polar surface area (TPSA) is 90.6 Å². The molecule has 0 aliphatic rings. The van der Waals surface area contributed by atoms with Crippen LogP contribution in [0.2, 0.25) is 0 Å². The van der Waals surface area contributed by atoms with Crippen molar-refractivity contribution in [3.63, 3.8) is 0 Å². The number of pyridine rings is 1. The van der Waals surface area contributed by atoms with E-state index in [9.17, 15) is 8.42 Å². The number of imidazole rings is 1. The van der Waals surface area contributed by atoms with E-state index in [1.54, 1.807) is 6.07 Å². The number of rotatable bonds is 9. The van der Waals surface area contributed by atoms with Crippen LogP contribution in [0.5, 0.6) is 0 Å². The van der Waals surface area contributed by atoms with Crippen LogP contribution in [0.3, 0.4) is 0 Å². The average molecular weight is 388 g/mol. The molecule has 0 fully saturated rings. The first-order valence-corrected chi connectivity index (χ1v) is 11.0. The molecular formula is C19H25N5O2S. The molecule has 0 bridgehead atoms. The Morgan fingerprint density at radius 3 is 2.59 bits per heavy atom. The summed E-state index contributed by atoms with van der Waals surface area (Å²) >= 11 is 0. The van der Waals surface area contributed by atoms with Crippen molar-refractivity contribution in [3.8, 4) is 0 Å². The summed E-state index contributed by atoms with van der Waals surface area (Å²) in [6.07, 6.45) is 10.9.